The van der Waals surface area contributed by atoms with Crippen LogP contribution in [0.4, 0.5) is 0 Å². The number of nitrogens with one attached hydrogen (secondary N) is 1. The zero-order chi connectivity index (χ0) is 14.4. The largest absolute Gasteiger partial charge is 0.489 e. The van der Waals surface area contributed by atoms with Crippen LogP contribution < -0.4 is 10.1 Å². The van der Waals surface area contributed by atoms with E-state index in [1.165, 1.54) is 19.3 Å². The second-order valence-electron chi connectivity index (χ2n) is 5.58. The quantitative estimate of drug-likeness (QED) is 0.831. The van der Waals surface area contributed by atoms with E-state index >= 15 is 0 Å². The molecular formula is C17H23NO2. The van der Waals surface area contributed by atoms with Gasteiger partial charge in [-0.3, -0.25) is 4.79 Å². The van der Waals surface area contributed by atoms with Crippen molar-refractivity contribution in [3.05, 3.63) is 42.0 Å². The fraction of sp³-hybridized carbons (Fsp3) is 0.471. The van der Waals surface area contributed by atoms with Gasteiger partial charge in [-0.15, -0.1) is 0 Å². The van der Waals surface area contributed by atoms with Crippen molar-refractivity contribution in [3.8, 4) is 5.75 Å². The van der Waals surface area contributed by atoms with E-state index in [1.807, 2.05) is 31.2 Å². The molecule has 1 saturated carbocycles. The van der Waals surface area contributed by atoms with Crippen LogP contribution in [0.2, 0.25) is 0 Å². The molecule has 1 aliphatic carbocycles. The predicted octanol–water partition coefficient (Wildman–Crippen LogP) is 3.70. The van der Waals surface area contributed by atoms with Crippen LogP contribution in [0.15, 0.2) is 36.4 Å². The molecule has 1 aromatic rings. The van der Waals surface area contributed by atoms with E-state index in [2.05, 4.69) is 11.9 Å². The Bertz CT molecular complexity index is 458. The first kappa shape index (κ1) is 14.6. The van der Waals surface area contributed by atoms with Crippen LogP contribution in [-0.4, -0.2) is 18.6 Å². The molecule has 0 saturated heterocycles. The van der Waals surface area contributed by atoms with Crippen molar-refractivity contribution in [1.82, 2.24) is 5.32 Å². The maximum absolute atomic E-state index is 12.1. The lowest BCUT2D eigenvalue weighted by Crippen LogP contribution is -2.36. The summed E-state index contributed by atoms with van der Waals surface area (Å²) in [4.78, 5) is 12.1. The normalized spacial score (nSPS) is 15.7. The van der Waals surface area contributed by atoms with Crippen LogP contribution in [0, 0.1) is 0 Å². The molecule has 0 spiro atoms. The molecule has 108 valence electrons. The maximum Gasteiger partial charge on any atom is 0.251 e. The molecule has 1 N–H and O–H groups in total. The van der Waals surface area contributed by atoms with Gasteiger partial charge < -0.3 is 10.1 Å². The molecule has 1 fully saturated rings. The van der Waals surface area contributed by atoms with Crippen molar-refractivity contribution < 1.29 is 9.53 Å². The monoisotopic (exact) mass is 273 g/mol. The highest BCUT2D eigenvalue weighted by atomic mass is 16.5. The number of benzene rings is 1. The van der Waals surface area contributed by atoms with E-state index < -0.39 is 0 Å². The summed E-state index contributed by atoms with van der Waals surface area (Å²) < 4.78 is 5.52. The molecule has 0 atom stereocenters. The van der Waals surface area contributed by atoms with Gasteiger partial charge in [-0.1, -0.05) is 25.8 Å². The number of carbonyl (C=O) groups is 1. The van der Waals surface area contributed by atoms with Crippen molar-refractivity contribution in [2.75, 3.05) is 6.61 Å². The van der Waals surface area contributed by atoms with E-state index in [4.69, 9.17) is 4.74 Å². The van der Waals surface area contributed by atoms with Crippen molar-refractivity contribution in [2.24, 2.45) is 0 Å². The fourth-order valence-corrected chi connectivity index (χ4v) is 2.42. The lowest BCUT2D eigenvalue weighted by molar-refractivity contribution is 0.0927. The van der Waals surface area contributed by atoms with Gasteiger partial charge in [0.15, 0.2) is 0 Å². The summed E-state index contributed by atoms with van der Waals surface area (Å²) in [5.41, 5.74) is 1.67. The Kier molecular flexibility index (Phi) is 5.22. The molecule has 0 heterocycles. The van der Waals surface area contributed by atoms with E-state index in [0.29, 0.717) is 18.2 Å². The minimum absolute atomic E-state index is 0.0170. The Morgan fingerprint density at radius 2 is 1.90 bits per heavy atom. The van der Waals surface area contributed by atoms with Gasteiger partial charge in [-0.25, -0.2) is 0 Å². The molecule has 0 bridgehead atoms. The van der Waals surface area contributed by atoms with Gasteiger partial charge in [-0.2, -0.15) is 0 Å². The average Bonchev–Trinajstić information content (AvgIpc) is 2.46. The Morgan fingerprint density at radius 1 is 1.25 bits per heavy atom. The van der Waals surface area contributed by atoms with Gasteiger partial charge in [0.05, 0.1) is 0 Å². The minimum Gasteiger partial charge on any atom is -0.489 e. The standard InChI is InChI=1S/C17H23NO2/c1-13(2)12-20-16-10-8-14(9-11-16)17(19)18-15-6-4-3-5-7-15/h8-11,15H,1,3-7,12H2,2H3,(H,18,19). The third kappa shape index (κ3) is 4.41. The highest BCUT2D eigenvalue weighted by Crippen LogP contribution is 2.18. The van der Waals surface area contributed by atoms with Crippen LogP contribution in [0.1, 0.15) is 49.4 Å². The molecule has 1 amide bonds. The van der Waals surface area contributed by atoms with E-state index in [9.17, 15) is 4.79 Å². The minimum atomic E-state index is 0.0170. The smallest absolute Gasteiger partial charge is 0.251 e. The van der Waals surface area contributed by atoms with Crippen molar-refractivity contribution in [2.45, 2.75) is 45.1 Å². The topological polar surface area (TPSA) is 38.3 Å². The Balaban J connectivity index is 1.88. The molecule has 0 radical (unpaired) electrons. The summed E-state index contributed by atoms with van der Waals surface area (Å²) in [5, 5.41) is 3.11. The lowest BCUT2D eigenvalue weighted by atomic mass is 9.95. The number of rotatable bonds is 5. The van der Waals surface area contributed by atoms with Gasteiger partial charge in [0.25, 0.3) is 5.91 Å². The Labute approximate surface area is 121 Å². The van der Waals surface area contributed by atoms with Crippen LogP contribution in [-0.2, 0) is 0 Å². The number of amides is 1. The van der Waals surface area contributed by atoms with Crippen LogP contribution in [0.5, 0.6) is 5.75 Å². The zero-order valence-electron chi connectivity index (χ0n) is 12.2. The fourth-order valence-electron chi connectivity index (χ4n) is 2.42. The van der Waals surface area contributed by atoms with Gasteiger partial charge in [0, 0.05) is 11.6 Å². The van der Waals surface area contributed by atoms with Gasteiger partial charge >= 0.3 is 0 Å². The zero-order valence-corrected chi connectivity index (χ0v) is 12.2. The number of ether oxygens (including phenoxy) is 1. The number of hydrogen-bond acceptors (Lipinski definition) is 2. The molecule has 0 unspecified atom stereocenters. The van der Waals surface area contributed by atoms with E-state index in [0.717, 1.165) is 24.2 Å². The summed E-state index contributed by atoms with van der Waals surface area (Å²) in [7, 11) is 0. The van der Waals surface area contributed by atoms with Gasteiger partial charge in [-0.05, 0) is 49.6 Å². The first-order valence-electron chi connectivity index (χ1n) is 7.33. The molecule has 1 aromatic carbocycles. The van der Waals surface area contributed by atoms with Crippen molar-refractivity contribution >= 4 is 5.91 Å². The molecule has 0 aromatic heterocycles. The second kappa shape index (κ2) is 7.13. The lowest BCUT2D eigenvalue weighted by Gasteiger charge is -2.22. The van der Waals surface area contributed by atoms with Crippen molar-refractivity contribution in [1.29, 1.82) is 0 Å². The van der Waals surface area contributed by atoms with E-state index in [1.54, 1.807) is 0 Å². The SMILES string of the molecule is C=C(C)COc1ccc(C(=O)NC2CCCCC2)cc1. The maximum atomic E-state index is 12.1. The first-order valence-corrected chi connectivity index (χ1v) is 7.33. The van der Waals surface area contributed by atoms with Crippen LogP contribution in [0.25, 0.3) is 0 Å². The third-order valence-corrected chi connectivity index (χ3v) is 3.54. The summed E-state index contributed by atoms with van der Waals surface area (Å²) in [6.07, 6.45) is 5.94. The van der Waals surface area contributed by atoms with E-state index in [-0.39, 0.29) is 5.91 Å². The summed E-state index contributed by atoms with van der Waals surface area (Å²) in [5.74, 6) is 0.783. The number of hydrogen-bond donors (Lipinski definition) is 1. The summed E-state index contributed by atoms with van der Waals surface area (Å²) in [6, 6.07) is 7.63. The molecule has 1 aliphatic rings. The molecule has 20 heavy (non-hydrogen) atoms. The molecule has 3 nitrogen and oxygen atoms in total. The van der Waals surface area contributed by atoms with Gasteiger partial charge in [0.2, 0.25) is 0 Å². The highest BCUT2D eigenvalue weighted by molar-refractivity contribution is 5.94. The Hall–Kier alpha value is -1.77. The molecule has 2 rings (SSSR count). The van der Waals surface area contributed by atoms with Crippen LogP contribution >= 0.6 is 0 Å². The van der Waals surface area contributed by atoms with Crippen molar-refractivity contribution in [3.63, 3.8) is 0 Å². The Morgan fingerprint density at radius 3 is 2.50 bits per heavy atom. The molecule has 3 heteroatoms. The predicted molar refractivity (Wildman–Crippen MR) is 81.1 cm³/mol. The average molecular weight is 273 g/mol. The molecule has 0 aliphatic heterocycles. The molecular weight excluding hydrogens is 250 g/mol. The van der Waals surface area contributed by atoms with Gasteiger partial charge in [0.1, 0.15) is 12.4 Å². The first-order chi connectivity index (χ1) is 9.65. The second-order valence-corrected chi connectivity index (χ2v) is 5.58. The third-order valence-electron chi connectivity index (χ3n) is 3.54. The summed E-state index contributed by atoms with van der Waals surface area (Å²) in [6.45, 7) is 6.22. The van der Waals surface area contributed by atoms with Crippen LogP contribution in [0.3, 0.4) is 0 Å². The number of carbonyl (C=O) groups excluding carboxylic acids is 1. The summed E-state index contributed by atoms with van der Waals surface area (Å²) >= 11 is 0. The highest BCUT2D eigenvalue weighted by Gasteiger charge is 2.16.